The van der Waals surface area contributed by atoms with Gasteiger partial charge < -0.3 is 19.4 Å². The molecule has 0 aromatic rings. The van der Waals surface area contributed by atoms with Gasteiger partial charge in [-0.1, -0.05) is 295 Å². The zero-order valence-electron chi connectivity index (χ0n) is 52.7. The van der Waals surface area contributed by atoms with Crippen LogP contribution in [0.4, 0.5) is 0 Å². The SMILES string of the molecule is CCCCC/C=C\C/C=C\CCCCCCCCCC(=O)OC(/C=C/CCCCCCCCCCCC)C(COP(=O)(O)OCC[N+](C)(C)C)NC(=O)CCCCCCCCCCCCCCCCCCCCCCCCC. The number of phosphoric ester groups is 1. The molecule has 0 spiro atoms. The second-order valence-corrected chi connectivity index (χ2v) is 25.8. The predicted molar refractivity (Wildman–Crippen MR) is 337 cm³/mol. The molecular weight excluding hydrogens is 988 g/mol. The zero-order valence-corrected chi connectivity index (χ0v) is 53.6. The first-order chi connectivity index (χ1) is 37.9. The Balaban J connectivity index is 5.10. The van der Waals surface area contributed by atoms with Gasteiger partial charge in [-0.15, -0.1) is 0 Å². The van der Waals surface area contributed by atoms with Gasteiger partial charge in [0.2, 0.25) is 5.91 Å². The Bertz CT molecular complexity index is 1430. The van der Waals surface area contributed by atoms with E-state index >= 15 is 0 Å². The fraction of sp³-hybridized carbons (Fsp3) is 0.882. The summed E-state index contributed by atoms with van der Waals surface area (Å²) in [5.74, 6) is -0.497. The van der Waals surface area contributed by atoms with Crippen LogP contribution in [0, 0.1) is 0 Å². The lowest BCUT2D eigenvalue weighted by Crippen LogP contribution is -2.47. The lowest BCUT2D eigenvalue weighted by Gasteiger charge is -2.27. The Morgan fingerprint density at radius 2 is 0.782 bits per heavy atom. The molecule has 10 heteroatoms. The summed E-state index contributed by atoms with van der Waals surface area (Å²) in [6.07, 6.45) is 71.5. The number of unbranched alkanes of at least 4 members (excludes halogenated alkanes) is 42. The Morgan fingerprint density at radius 3 is 1.18 bits per heavy atom. The van der Waals surface area contributed by atoms with E-state index in [1.54, 1.807) is 0 Å². The van der Waals surface area contributed by atoms with Crippen LogP contribution in [0.5, 0.6) is 0 Å². The second kappa shape index (κ2) is 58.4. The number of ether oxygens (including phenoxy) is 1. The van der Waals surface area contributed by atoms with Crippen LogP contribution in [0.2, 0.25) is 0 Å². The van der Waals surface area contributed by atoms with E-state index in [1.807, 2.05) is 33.3 Å². The Labute approximate surface area is 485 Å². The maximum Gasteiger partial charge on any atom is 0.472 e. The van der Waals surface area contributed by atoms with Crippen molar-refractivity contribution in [3.63, 3.8) is 0 Å². The number of carbonyl (C=O) groups is 2. The molecule has 0 radical (unpaired) electrons. The maximum atomic E-state index is 13.6. The van der Waals surface area contributed by atoms with Crippen LogP contribution in [-0.2, 0) is 27.9 Å². The van der Waals surface area contributed by atoms with Crippen molar-refractivity contribution in [3.8, 4) is 0 Å². The van der Waals surface area contributed by atoms with Crippen LogP contribution in [0.3, 0.4) is 0 Å². The van der Waals surface area contributed by atoms with Crippen LogP contribution in [-0.4, -0.2) is 74.3 Å². The highest BCUT2D eigenvalue weighted by molar-refractivity contribution is 7.47. The molecule has 0 aromatic carbocycles. The summed E-state index contributed by atoms with van der Waals surface area (Å²) in [4.78, 5) is 37.8. The number of esters is 1. The van der Waals surface area contributed by atoms with Crippen molar-refractivity contribution in [3.05, 3.63) is 36.5 Å². The first kappa shape index (κ1) is 76.2. The molecular formula is C68H132N2O7P+. The molecule has 0 rings (SSSR count). The molecule has 0 aliphatic heterocycles. The molecule has 0 heterocycles. The first-order valence-corrected chi connectivity index (χ1v) is 35.3. The number of likely N-dealkylation sites (N-methyl/N-ethyl adjacent to an activating group) is 1. The average Bonchev–Trinajstić information content (AvgIpc) is 3.40. The van der Waals surface area contributed by atoms with Crippen molar-refractivity contribution in [1.29, 1.82) is 0 Å². The fourth-order valence-electron chi connectivity index (χ4n) is 10.1. The van der Waals surface area contributed by atoms with Crippen LogP contribution in [0.15, 0.2) is 36.5 Å². The Kier molecular flexibility index (Phi) is 57.1. The number of amides is 1. The molecule has 9 nitrogen and oxygen atoms in total. The summed E-state index contributed by atoms with van der Waals surface area (Å²) >= 11 is 0. The lowest BCUT2D eigenvalue weighted by molar-refractivity contribution is -0.870. The number of nitrogens with zero attached hydrogens (tertiary/aromatic N) is 1. The minimum Gasteiger partial charge on any atom is -0.456 e. The second-order valence-electron chi connectivity index (χ2n) is 24.4. The molecule has 460 valence electrons. The third-order valence-electron chi connectivity index (χ3n) is 15.3. The summed E-state index contributed by atoms with van der Waals surface area (Å²) in [7, 11) is 1.51. The quantitative estimate of drug-likeness (QED) is 0.0205. The summed E-state index contributed by atoms with van der Waals surface area (Å²) < 4.78 is 30.8. The van der Waals surface area contributed by atoms with E-state index in [0.29, 0.717) is 17.4 Å². The molecule has 2 N–H and O–H groups in total. The van der Waals surface area contributed by atoms with Gasteiger partial charge in [-0.2, -0.15) is 0 Å². The van der Waals surface area contributed by atoms with Crippen molar-refractivity contribution in [2.75, 3.05) is 40.9 Å². The van der Waals surface area contributed by atoms with Crippen LogP contribution in [0.1, 0.15) is 335 Å². The third-order valence-corrected chi connectivity index (χ3v) is 16.3. The summed E-state index contributed by atoms with van der Waals surface area (Å²) in [5, 5.41) is 3.07. The van der Waals surface area contributed by atoms with Crippen molar-refractivity contribution < 1.29 is 37.3 Å². The van der Waals surface area contributed by atoms with Gasteiger partial charge in [0.1, 0.15) is 19.3 Å². The molecule has 0 saturated carbocycles. The van der Waals surface area contributed by atoms with E-state index in [-0.39, 0.29) is 31.5 Å². The van der Waals surface area contributed by atoms with E-state index in [2.05, 4.69) is 50.4 Å². The van der Waals surface area contributed by atoms with Crippen molar-refractivity contribution in [1.82, 2.24) is 5.32 Å². The van der Waals surface area contributed by atoms with Crippen LogP contribution < -0.4 is 5.32 Å². The zero-order chi connectivity index (χ0) is 57.2. The number of quaternary nitrogens is 1. The largest absolute Gasteiger partial charge is 0.472 e. The molecule has 0 aromatic heterocycles. The number of phosphoric acid groups is 1. The van der Waals surface area contributed by atoms with Crippen molar-refractivity contribution in [2.45, 2.75) is 348 Å². The number of allylic oxidation sites excluding steroid dienone is 5. The molecule has 1 amide bonds. The highest BCUT2D eigenvalue weighted by Gasteiger charge is 2.30. The highest BCUT2D eigenvalue weighted by atomic mass is 31.2. The number of carbonyl (C=O) groups excluding carboxylic acids is 2. The highest BCUT2D eigenvalue weighted by Crippen LogP contribution is 2.43. The molecule has 0 saturated heterocycles. The normalized spacial score (nSPS) is 13.8. The minimum atomic E-state index is -4.45. The number of rotatable bonds is 62. The van der Waals surface area contributed by atoms with E-state index in [4.69, 9.17) is 13.8 Å². The first-order valence-electron chi connectivity index (χ1n) is 33.8. The van der Waals surface area contributed by atoms with Crippen molar-refractivity contribution in [2.24, 2.45) is 0 Å². The summed E-state index contributed by atoms with van der Waals surface area (Å²) in [5.41, 5.74) is 0. The van der Waals surface area contributed by atoms with Gasteiger partial charge in [-0.25, -0.2) is 4.57 Å². The van der Waals surface area contributed by atoms with Crippen LogP contribution >= 0.6 is 7.82 Å². The van der Waals surface area contributed by atoms with Gasteiger partial charge in [0.25, 0.3) is 0 Å². The Morgan fingerprint density at radius 1 is 0.449 bits per heavy atom. The standard InChI is InChI=1S/C68H131N2O7P/c1-7-10-13-16-19-22-25-28-30-32-33-34-35-36-37-39-40-42-45-48-51-54-57-60-67(71)69-65(64-76-78(73,74)75-63-62-70(4,5)6)66(59-56-53-50-47-44-27-24-21-18-15-12-9-3)77-68(72)61-58-55-52-49-46-43-41-38-31-29-26-23-20-17-14-11-8-2/h20,23,29,31,56,59,65-66H,7-19,21-22,24-28,30,32-55,57-58,60-64H2,1-6H3,(H-,69,71,73,74)/p+1/b23-20-,31-29-,59-56+. The van der Waals surface area contributed by atoms with E-state index in [1.165, 1.54) is 225 Å². The fourth-order valence-corrected chi connectivity index (χ4v) is 10.8. The molecule has 78 heavy (non-hydrogen) atoms. The van der Waals surface area contributed by atoms with Gasteiger partial charge in [0, 0.05) is 12.8 Å². The number of hydrogen-bond donors (Lipinski definition) is 2. The minimum absolute atomic E-state index is 0.0414. The van der Waals surface area contributed by atoms with Gasteiger partial charge in [-0.05, 0) is 63.9 Å². The maximum absolute atomic E-state index is 13.6. The average molecular weight is 1120 g/mol. The predicted octanol–water partition coefficient (Wildman–Crippen LogP) is 21.1. The molecule has 3 unspecified atom stereocenters. The third kappa shape index (κ3) is 58.9. The molecule has 3 atom stereocenters. The Hall–Kier alpha value is -1.77. The van der Waals surface area contributed by atoms with Crippen molar-refractivity contribution >= 4 is 19.7 Å². The van der Waals surface area contributed by atoms with E-state index < -0.39 is 20.0 Å². The van der Waals surface area contributed by atoms with Gasteiger partial charge in [0.15, 0.2) is 0 Å². The van der Waals surface area contributed by atoms with Gasteiger partial charge >= 0.3 is 13.8 Å². The molecule has 0 aliphatic carbocycles. The van der Waals surface area contributed by atoms with E-state index in [0.717, 1.165) is 77.0 Å². The summed E-state index contributed by atoms with van der Waals surface area (Å²) in [6, 6.07) is -0.848. The smallest absolute Gasteiger partial charge is 0.456 e. The topological polar surface area (TPSA) is 111 Å². The summed E-state index contributed by atoms with van der Waals surface area (Å²) in [6.45, 7) is 7.03. The molecule has 0 bridgehead atoms. The van der Waals surface area contributed by atoms with Gasteiger partial charge in [-0.3, -0.25) is 18.6 Å². The van der Waals surface area contributed by atoms with Gasteiger partial charge in [0.05, 0.1) is 33.8 Å². The molecule has 0 aliphatic rings. The van der Waals surface area contributed by atoms with E-state index in [9.17, 15) is 19.0 Å². The number of hydrogen-bond acceptors (Lipinski definition) is 6. The monoisotopic (exact) mass is 1120 g/mol. The van der Waals surface area contributed by atoms with Crippen LogP contribution in [0.25, 0.3) is 0 Å². The lowest BCUT2D eigenvalue weighted by atomic mass is 10.0. The molecule has 0 fully saturated rings. The number of nitrogens with one attached hydrogen (secondary N) is 1.